The average Bonchev–Trinajstić information content (AvgIpc) is 3.37. The Morgan fingerprint density at radius 2 is 2.03 bits per heavy atom. The largest absolute Gasteiger partial charge is 0.328 e. The zero-order valence-corrected chi connectivity index (χ0v) is 17.3. The maximum absolute atomic E-state index is 14.4. The van der Waals surface area contributed by atoms with Crippen LogP contribution in [0, 0.1) is 11.7 Å². The highest BCUT2D eigenvalue weighted by molar-refractivity contribution is 5.90. The first-order valence-electron chi connectivity index (χ1n) is 10.4. The van der Waals surface area contributed by atoms with Crippen LogP contribution >= 0.6 is 0 Å². The van der Waals surface area contributed by atoms with Gasteiger partial charge in [0, 0.05) is 55.8 Å². The first-order valence-corrected chi connectivity index (χ1v) is 10.4. The lowest BCUT2D eigenvalue weighted by Crippen LogP contribution is -2.45. The predicted molar refractivity (Wildman–Crippen MR) is 119 cm³/mol. The van der Waals surface area contributed by atoms with Crippen molar-refractivity contribution in [1.29, 1.82) is 0 Å². The Morgan fingerprint density at radius 3 is 2.91 bits per heavy atom. The second-order valence-electron chi connectivity index (χ2n) is 8.17. The van der Waals surface area contributed by atoms with Crippen LogP contribution in [-0.4, -0.2) is 59.7 Å². The summed E-state index contributed by atoms with van der Waals surface area (Å²) >= 11 is 0. The van der Waals surface area contributed by atoms with Crippen molar-refractivity contribution in [2.24, 2.45) is 5.92 Å². The smallest absolute Gasteiger partial charge is 0.168 e. The molecule has 0 spiro atoms. The van der Waals surface area contributed by atoms with Gasteiger partial charge in [-0.3, -0.25) is 15.1 Å². The highest BCUT2D eigenvalue weighted by Crippen LogP contribution is 2.27. The summed E-state index contributed by atoms with van der Waals surface area (Å²) in [4.78, 5) is 19.9. The summed E-state index contributed by atoms with van der Waals surface area (Å²) in [5.41, 5.74) is 4.12. The summed E-state index contributed by atoms with van der Waals surface area (Å²) in [7, 11) is 2.08. The van der Waals surface area contributed by atoms with E-state index in [2.05, 4.69) is 47.4 Å². The third-order valence-electron chi connectivity index (χ3n) is 5.74. The van der Waals surface area contributed by atoms with Crippen molar-refractivity contribution in [3.8, 4) is 11.3 Å². The topological polar surface area (TPSA) is 100 Å². The summed E-state index contributed by atoms with van der Waals surface area (Å²) in [6.45, 7) is 2.72. The van der Waals surface area contributed by atoms with Crippen LogP contribution in [0.25, 0.3) is 33.5 Å². The highest BCUT2D eigenvalue weighted by Gasteiger charge is 2.25. The van der Waals surface area contributed by atoms with Crippen LogP contribution in [0.2, 0.25) is 0 Å². The molecule has 1 aliphatic rings. The molecule has 1 saturated heterocycles. The average molecular weight is 429 g/mol. The van der Waals surface area contributed by atoms with E-state index in [4.69, 9.17) is 0 Å². The molecule has 9 nitrogen and oxygen atoms in total. The molecule has 0 aromatic carbocycles. The van der Waals surface area contributed by atoms with Gasteiger partial charge >= 0.3 is 0 Å². The predicted octanol–water partition coefficient (Wildman–Crippen LogP) is 3.21. The number of halogens is 1. The molecule has 1 aliphatic heterocycles. The van der Waals surface area contributed by atoms with E-state index in [-0.39, 0.29) is 11.3 Å². The molecule has 0 saturated carbocycles. The van der Waals surface area contributed by atoms with Crippen LogP contribution in [0.3, 0.4) is 0 Å². The first-order chi connectivity index (χ1) is 15.6. The number of nitrogens with one attached hydrogen (secondary N) is 2. The number of anilines is 2. The Kier molecular flexibility index (Phi) is 4.32. The number of nitrogens with zero attached hydrogens (tertiary/aromatic N) is 7. The van der Waals surface area contributed by atoms with Crippen LogP contribution in [0.15, 0.2) is 49.1 Å². The fourth-order valence-electron chi connectivity index (χ4n) is 4.28. The summed E-state index contributed by atoms with van der Waals surface area (Å²) in [6.07, 6.45) is 6.49. The van der Waals surface area contributed by atoms with Crippen molar-refractivity contribution in [3.05, 3.63) is 54.9 Å². The minimum Gasteiger partial charge on any atom is -0.328 e. The number of aromatic nitrogens is 7. The third-order valence-corrected chi connectivity index (χ3v) is 5.74. The number of rotatable bonds is 5. The van der Waals surface area contributed by atoms with Crippen molar-refractivity contribution < 1.29 is 4.39 Å². The highest BCUT2D eigenvalue weighted by atomic mass is 19.1. The molecule has 0 unspecified atom stereocenters. The third kappa shape index (κ3) is 3.25. The fourth-order valence-corrected chi connectivity index (χ4v) is 4.28. The van der Waals surface area contributed by atoms with Crippen molar-refractivity contribution in [3.63, 3.8) is 0 Å². The minimum atomic E-state index is -0.356. The van der Waals surface area contributed by atoms with Gasteiger partial charge in [0.2, 0.25) is 0 Å². The molecule has 160 valence electrons. The standard InChI is InChI=1S/C22H20FN9/c1-31-9-13(10-31)11-32-12-15(23)21-22(32)28-19(8-26-21)27-18-7-17(29-30-18)14-4-6-24-16-3-2-5-25-20(14)16/h2-8,12-13H,9-11H2,1H3,(H2,27,28,29,30). The van der Waals surface area contributed by atoms with Gasteiger partial charge in [0.05, 0.1) is 22.9 Å². The number of fused-ring (bicyclic) bond motifs is 2. The van der Waals surface area contributed by atoms with E-state index in [0.717, 1.165) is 41.9 Å². The number of H-pyrrole nitrogens is 1. The van der Waals surface area contributed by atoms with Crippen LogP contribution < -0.4 is 5.32 Å². The maximum atomic E-state index is 14.4. The molecule has 32 heavy (non-hydrogen) atoms. The number of hydrogen-bond acceptors (Lipinski definition) is 7. The molecule has 0 atom stereocenters. The lowest BCUT2D eigenvalue weighted by atomic mass is 10.0. The van der Waals surface area contributed by atoms with E-state index in [1.165, 1.54) is 12.4 Å². The molecule has 0 radical (unpaired) electrons. The molecule has 6 heterocycles. The van der Waals surface area contributed by atoms with Crippen molar-refractivity contribution in [1.82, 2.24) is 39.6 Å². The molecule has 0 aliphatic carbocycles. The SMILES string of the molecule is CN1CC(Cn2cc(F)c3ncc(Nc4cc(-c5ccnc6cccnc56)[nH]n4)nc32)C1. The van der Waals surface area contributed by atoms with E-state index in [1.54, 1.807) is 12.4 Å². The number of likely N-dealkylation sites (tertiary alicyclic amines) is 1. The monoisotopic (exact) mass is 429 g/mol. The van der Waals surface area contributed by atoms with Gasteiger partial charge in [-0.15, -0.1) is 0 Å². The second-order valence-corrected chi connectivity index (χ2v) is 8.17. The number of pyridine rings is 2. The van der Waals surface area contributed by atoms with Crippen LogP contribution in [0.5, 0.6) is 0 Å². The quantitative estimate of drug-likeness (QED) is 0.442. The van der Waals surface area contributed by atoms with E-state index >= 15 is 0 Å². The fraction of sp³-hybridized carbons (Fsp3) is 0.227. The van der Waals surface area contributed by atoms with Gasteiger partial charge in [-0.05, 0) is 25.2 Å². The van der Waals surface area contributed by atoms with Crippen molar-refractivity contribution >= 4 is 33.8 Å². The van der Waals surface area contributed by atoms with Gasteiger partial charge < -0.3 is 14.8 Å². The molecule has 0 bridgehead atoms. The van der Waals surface area contributed by atoms with Gasteiger partial charge in [0.1, 0.15) is 5.52 Å². The summed E-state index contributed by atoms with van der Waals surface area (Å²) in [5, 5.41) is 10.5. The molecule has 1 fully saturated rings. The molecule has 6 rings (SSSR count). The Hall–Kier alpha value is -3.92. The molecule has 2 N–H and O–H groups in total. The Morgan fingerprint density at radius 1 is 1.12 bits per heavy atom. The van der Waals surface area contributed by atoms with Crippen LogP contribution in [0.4, 0.5) is 16.0 Å². The van der Waals surface area contributed by atoms with Crippen molar-refractivity contribution in [2.75, 3.05) is 25.5 Å². The van der Waals surface area contributed by atoms with Gasteiger partial charge in [-0.25, -0.2) is 14.4 Å². The Labute approximate surface area is 182 Å². The van der Waals surface area contributed by atoms with E-state index in [1.807, 2.05) is 28.8 Å². The molecule has 10 heteroatoms. The van der Waals surface area contributed by atoms with Gasteiger partial charge in [-0.2, -0.15) is 5.10 Å². The minimum absolute atomic E-state index is 0.278. The van der Waals surface area contributed by atoms with Gasteiger partial charge in [-0.1, -0.05) is 0 Å². The number of hydrogen-bond donors (Lipinski definition) is 2. The van der Waals surface area contributed by atoms with E-state index in [0.29, 0.717) is 23.2 Å². The second kappa shape index (κ2) is 7.34. The Balaban J connectivity index is 1.29. The lowest BCUT2D eigenvalue weighted by molar-refractivity contribution is 0.120. The van der Waals surface area contributed by atoms with Gasteiger partial charge in [0.15, 0.2) is 23.1 Å². The molecule has 5 aromatic heterocycles. The summed E-state index contributed by atoms with van der Waals surface area (Å²) in [5.74, 6) is 1.21. The molecule has 0 amide bonds. The van der Waals surface area contributed by atoms with Crippen molar-refractivity contribution in [2.45, 2.75) is 6.54 Å². The van der Waals surface area contributed by atoms with E-state index < -0.39 is 0 Å². The summed E-state index contributed by atoms with van der Waals surface area (Å²) in [6, 6.07) is 7.54. The zero-order valence-electron chi connectivity index (χ0n) is 17.3. The Bertz CT molecular complexity index is 1430. The van der Waals surface area contributed by atoms with Gasteiger partial charge in [0.25, 0.3) is 0 Å². The molecular weight excluding hydrogens is 409 g/mol. The molecular formula is C22H20FN9. The molecule has 5 aromatic rings. The van der Waals surface area contributed by atoms with Crippen LogP contribution in [-0.2, 0) is 6.54 Å². The first kappa shape index (κ1) is 18.8. The number of aromatic amines is 1. The maximum Gasteiger partial charge on any atom is 0.168 e. The lowest BCUT2D eigenvalue weighted by Gasteiger charge is -2.36. The zero-order chi connectivity index (χ0) is 21.7. The summed E-state index contributed by atoms with van der Waals surface area (Å²) < 4.78 is 16.2. The normalized spacial score (nSPS) is 14.8. The van der Waals surface area contributed by atoms with Crippen LogP contribution in [0.1, 0.15) is 0 Å². The van der Waals surface area contributed by atoms with E-state index in [9.17, 15) is 4.39 Å².